The molecule has 0 unspecified atom stereocenters. The van der Waals surface area contributed by atoms with Gasteiger partial charge in [0.05, 0.1) is 17.7 Å². The maximum Gasteiger partial charge on any atom is 0.390 e. The van der Waals surface area contributed by atoms with E-state index in [1.807, 2.05) is 6.07 Å². The highest BCUT2D eigenvalue weighted by molar-refractivity contribution is 6.50. The van der Waals surface area contributed by atoms with Crippen LogP contribution in [0.2, 0.25) is 0 Å². The van der Waals surface area contributed by atoms with Crippen molar-refractivity contribution in [2.24, 2.45) is 15.9 Å². The fraction of sp³-hybridized carbons (Fsp3) is 0.312. The molecule has 0 atom stereocenters. The lowest BCUT2D eigenvalue weighted by Gasteiger charge is -2.18. The van der Waals surface area contributed by atoms with Crippen molar-refractivity contribution in [2.75, 3.05) is 11.9 Å². The summed E-state index contributed by atoms with van der Waals surface area (Å²) in [4.78, 5) is 8.17. The number of halogens is 3. The van der Waals surface area contributed by atoms with E-state index in [9.17, 15) is 13.2 Å². The van der Waals surface area contributed by atoms with Gasteiger partial charge in [-0.2, -0.15) is 18.4 Å². The monoisotopic (exact) mass is 379 g/mol. The van der Waals surface area contributed by atoms with E-state index < -0.39 is 19.1 Å². The van der Waals surface area contributed by atoms with Crippen molar-refractivity contribution in [1.29, 1.82) is 10.7 Å². The number of allylic oxidation sites excluding steroid dienone is 1. The highest BCUT2D eigenvalue weighted by Crippen LogP contribution is 2.22. The van der Waals surface area contributed by atoms with E-state index in [-0.39, 0.29) is 35.0 Å². The Bertz CT molecular complexity index is 894. The molecule has 142 valence electrons. The molecule has 1 aromatic rings. The number of nitrogens with one attached hydrogen (secondary N) is 2. The number of pyridine rings is 1. The Hall–Kier alpha value is -3.42. The number of nitrogens with two attached hydrogens (primary N) is 1. The van der Waals surface area contributed by atoms with E-state index in [0.717, 1.165) is 0 Å². The van der Waals surface area contributed by atoms with Crippen molar-refractivity contribution >= 4 is 23.1 Å². The Kier molecular flexibility index (Phi) is 5.79. The Balaban J connectivity index is 2.26. The number of rotatable bonds is 5. The van der Waals surface area contributed by atoms with E-state index >= 15 is 0 Å². The standard InChI is InChI=1S/C16H16F3N7O/c1-8-11(12(21)13(22)15(24-8)26-27)6-10-3-2-9(7-20)14(25-10)23-5-4-16(17,18)19/h2-3,22,27H,4-6,21H2,1H3,(H,23,25)/b22-13?,26-15+. The molecule has 1 aliphatic rings. The van der Waals surface area contributed by atoms with Gasteiger partial charge in [-0.25, -0.2) is 9.98 Å². The van der Waals surface area contributed by atoms with Gasteiger partial charge in [-0.1, -0.05) is 5.16 Å². The third-order valence-corrected chi connectivity index (χ3v) is 3.76. The molecule has 2 heterocycles. The SMILES string of the molecule is CC1=N/C(=N/O)C(=N)C(N)=C1Cc1ccc(C#N)c(NCCC(F)(F)F)n1. The zero-order valence-electron chi connectivity index (χ0n) is 14.2. The van der Waals surface area contributed by atoms with Crippen LogP contribution in [0.15, 0.2) is 33.6 Å². The molecule has 0 bridgehead atoms. The topological polar surface area (TPSA) is 144 Å². The first-order valence-electron chi connectivity index (χ1n) is 7.72. The summed E-state index contributed by atoms with van der Waals surface area (Å²) in [6, 6.07) is 4.85. The molecule has 5 N–H and O–H groups in total. The largest absolute Gasteiger partial charge is 0.409 e. The summed E-state index contributed by atoms with van der Waals surface area (Å²) in [6.45, 7) is 1.20. The van der Waals surface area contributed by atoms with Gasteiger partial charge in [0.1, 0.15) is 17.6 Å². The second-order valence-corrected chi connectivity index (χ2v) is 5.67. The molecule has 0 spiro atoms. The number of nitriles is 1. The fourth-order valence-electron chi connectivity index (χ4n) is 2.37. The van der Waals surface area contributed by atoms with Gasteiger partial charge in [0.15, 0.2) is 0 Å². The third-order valence-electron chi connectivity index (χ3n) is 3.76. The van der Waals surface area contributed by atoms with Gasteiger partial charge in [-0.15, -0.1) is 0 Å². The van der Waals surface area contributed by atoms with Crippen LogP contribution in [0, 0.1) is 16.7 Å². The molecule has 1 aromatic heterocycles. The Morgan fingerprint density at radius 2 is 2.11 bits per heavy atom. The normalized spacial score (nSPS) is 16.3. The van der Waals surface area contributed by atoms with Crippen molar-refractivity contribution in [2.45, 2.75) is 25.9 Å². The average molecular weight is 379 g/mol. The van der Waals surface area contributed by atoms with Crippen LogP contribution < -0.4 is 11.1 Å². The number of hydrogen-bond donors (Lipinski definition) is 4. The summed E-state index contributed by atoms with van der Waals surface area (Å²) >= 11 is 0. The molecule has 0 aliphatic carbocycles. The van der Waals surface area contributed by atoms with Gasteiger partial charge in [0.2, 0.25) is 5.84 Å². The predicted octanol–water partition coefficient (Wildman–Crippen LogP) is 2.35. The van der Waals surface area contributed by atoms with Crippen LogP contribution in [0.4, 0.5) is 19.0 Å². The molecule has 0 radical (unpaired) electrons. The van der Waals surface area contributed by atoms with Crippen LogP contribution >= 0.6 is 0 Å². The van der Waals surface area contributed by atoms with Gasteiger partial charge in [-0.05, 0) is 19.1 Å². The van der Waals surface area contributed by atoms with Crippen LogP contribution in [0.5, 0.6) is 0 Å². The van der Waals surface area contributed by atoms with Gasteiger partial charge in [0.25, 0.3) is 0 Å². The van der Waals surface area contributed by atoms with Crippen LogP contribution in [0.1, 0.15) is 24.6 Å². The van der Waals surface area contributed by atoms with Crippen molar-refractivity contribution in [3.8, 4) is 6.07 Å². The smallest absolute Gasteiger partial charge is 0.390 e. The first-order chi connectivity index (χ1) is 12.7. The van der Waals surface area contributed by atoms with Gasteiger partial charge >= 0.3 is 6.18 Å². The number of amidine groups is 1. The number of alkyl halides is 3. The number of anilines is 1. The maximum atomic E-state index is 12.3. The quantitative estimate of drug-likeness (QED) is 0.459. The van der Waals surface area contributed by atoms with Crippen molar-refractivity contribution in [3.63, 3.8) is 0 Å². The van der Waals surface area contributed by atoms with E-state index in [1.165, 1.54) is 6.07 Å². The second-order valence-electron chi connectivity index (χ2n) is 5.67. The van der Waals surface area contributed by atoms with Crippen LogP contribution in [0.25, 0.3) is 0 Å². The van der Waals surface area contributed by atoms with Crippen LogP contribution in [-0.2, 0) is 6.42 Å². The van der Waals surface area contributed by atoms with E-state index in [2.05, 4.69) is 20.4 Å². The number of dihydropyridines is 1. The summed E-state index contributed by atoms with van der Waals surface area (Å²) in [6.07, 6.45) is -5.24. The number of aromatic nitrogens is 1. The van der Waals surface area contributed by atoms with E-state index in [4.69, 9.17) is 21.6 Å². The molecule has 11 heteroatoms. The van der Waals surface area contributed by atoms with Crippen molar-refractivity contribution < 1.29 is 18.4 Å². The zero-order valence-corrected chi connectivity index (χ0v) is 14.2. The van der Waals surface area contributed by atoms with Crippen molar-refractivity contribution in [1.82, 2.24) is 4.98 Å². The van der Waals surface area contributed by atoms with Gasteiger partial charge in [-0.3, -0.25) is 5.41 Å². The Labute approximate surface area is 152 Å². The third kappa shape index (κ3) is 4.81. The molecule has 2 rings (SSSR count). The molecule has 1 aliphatic heterocycles. The Morgan fingerprint density at radius 1 is 1.41 bits per heavy atom. The molecule has 8 nitrogen and oxygen atoms in total. The zero-order chi connectivity index (χ0) is 20.2. The minimum absolute atomic E-state index is 0.0384. The molecule has 0 amide bonds. The fourth-order valence-corrected chi connectivity index (χ4v) is 2.37. The van der Waals surface area contributed by atoms with E-state index in [1.54, 1.807) is 13.0 Å². The average Bonchev–Trinajstić information content (AvgIpc) is 2.61. The number of nitrogens with zero attached hydrogens (tertiary/aromatic N) is 4. The molecular formula is C16H16F3N7O. The molecule has 0 fully saturated rings. The summed E-state index contributed by atoms with van der Waals surface area (Å²) in [7, 11) is 0. The summed E-state index contributed by atoms with van der Waals surface area (Å²) in [5.74, 6) is -0.174. The Morgan fingerprint density at radius 3 is 2.70 bits per heavy atom. The van der Waals surface area contributed by atoms with E-state index in [0.29, 0.717) is 17.0 Å². The number of oxime groups is 1. The predicted molar refractivity (Wildman–Crippen MR) is 93.1 cm³/mol. The highest BCUT2D eigenvalue weighted by atomic mass is 19.4. The maximum absolute atomic E-state index is 12.3. The summed E-state index contributed by atoms with van der Waals surface area (Å²) in [5, 5.41) is 31.2. The minimum Gasteiger partial charge on any atom is -0.409 e. The summed E-state index contributed by atoms with van der Waals surface area (Å²) < 4.78 is 36.9. The van der Waals surface area contributed by atoms with Crippen LogP contribution in [-0.4, -0.2) is 40.2 Å². The highest BCUT2D eigenvalue weighted by Gasteiger charge is 2.26. The lowest BCUT2D eigenvalue weighted by molar-refractivity contribution is -0.131. The molecule has 0 aromatic carbocycles. The van der Waals surface area contributed by atoms with Crippen molar-refractivity contribution in [3.05, 3.63) is 34.7 Å². The second kappa shape index (κ2) is 7.86. The summed E-state index contributed by atoms with van der Waals surface area (Å²) in [5.41, 5.74) is 7.17. The molecule has 0 saturated heterocycles. The lowest BCUT2D eigenvalue weighted by Crippen LogP contribution is -2.29. The minimum atomic E-state index is -4.32. The van der Waals surface area contributed by atoms with Gasteiger partial charge in [0, 0.05) is 29.9 Å². The number of aliphatic imine (C=N–C) groups is 1. The first-order valence-corrected chi connectivity index (χ1v) is 7.72. The molecule has 0 saturated carbocycles. The van der Waals surface area contributed by atoms with Gasteiger partial charge < -0.3 is 16.3 Å². The lowest BCUT2D eigenvalue weighted by atomic mass is 9.97. The van der Waals surface area contributed by atoms with Crippen LogP contribution in [0.3, 0.4) is 0 Å². The molecular weight excluding hydrogens is 363 g/mol. The molecule has 27 heavy (non-hydrogen) atoms. The number of hydrogen-bond acceptors (Lipinski definition) is 7. The first kappa shape index (κ1) is 19.9.